The maximum Gasteiger partial charge on any atom is 0.243 e. The third-order valence-corrected chi connectivity index (χ3v) is 9.49. The first kappa shape index (κ1) is 24.1. The Morgan fingerprint density at radius 2 is 1.77 bits per heavy atom. The maximum atomic E-state index is 13.1. The lowest BCUT2D eigenvalue weighted by Crippen LogP contribution is -2.52. The summed E-state index contributed by atoms with van der Waals surface area (Å²) in [5, 5.41) is 6.05. The number of carbonyl (C=O) groups excluding carboxylic acids is 1. The zero-order chi connectivity index (χ0) is 24.4. The highest BCUT2D eigenvalue weighted by molar-refractivity contribution is 7.89. The molecule has 2 saturated heterocycles. The topological polar surface area (TPSA) is 99.9 Å². The van der Waals surface area contributed by atoms with Crippen molar-refractivity contribution in [3.05, 3.63) is 53.2 Å². The minimum absolute atomic E-state index is 0.0316. The van der Waals surface area contributed by atoms with Crippen molar-refractivity contribution in [2.75, 3.05) is 39.3 Å². The van der Waals surface area contributed by atoms with Crippen LogP contribution in [0, 0.1) is 12.8 Å². The van der Waals surface area contributed by atoms with Gasteiger partial charge in [0.2, 0.25) is 27.6 Å². The van der Waals surface area contributed by atoms with E-state index in [9.17, 15) is 13.2 Å². The summed E-state index contributed by atoms with van der Waals surface area (Å²) in [6, 6.07) is 10.8. The lowest BCUT2D eigenvalue weighted by molar-refractivity contribution is -0.138. The van der Waals surface area contributed by atoms with Gasteiger partial charge in [0, 0.05) is 32.1 Å². The fraction of sp³-hybridized carbons (Fsp3) is 0.458. The third-order valence-electron chi connectivity index (χ3n) is 6.71. The zero-order valence-electron chi connectivity index (χ0n) is 19.7. The highest BCUT2D eigenvalue weighted by Gasteiger charge is 2.34. The van der Waals surface area contributed by atoms with Gasteiger partial charge in [0.25, 0.3) is 0 Å². The molecule has 4 heterocycles. The molecule has 11 heteroatoms. The van der Waals surface area contributed by atoms with E-state index in [1.807, 2.05) is 29.3 Å². The van der Waals surface area contributed by atoms with Crippen LogP contribution in [0.4, 0.5) is 0 Å². The first-order valence-corrected chi connectivity index (χ1v) is 14.2. The molecule has 186 valence electrons. The SMILES string of the molecule is Cc1ccc(S(=O)(=O)N2CCN(C(=O)C3CCN(Cc4nc(-c5cccs5)no4)CC3)CC2)cc1. The van der Waals surface area contributed by atoms with Gasteiger partial charge in [-0.3, -0.25) is 9.69 Å². The van der Waals surface area contributed by atoms with Gasteiger partial charge < -0.3 is 9.42 Å². The number of nitrogens with zero attached hydrogens (tertiary/aromatic N) is 5. The molecule has 2 fully saturated rings. The Hall–Kier alpha value is -2.60. The number of hydrogen-bond acceptors (Lipinski definition) is 8. The summed E-state index contributed by atoms with van der Waals surface area (Å²) >= 11 is 1.58. The number of piperazine rings is 1. The lowest BCUT2D eigenvalue weighted by Gasteiger charge is -2.38. The van der Waals surface area contributed by atoms with Crippen molar-refractivity contribution >= 4 is 27.3 Å². The van der Waals surface area contributed by atoms with Crippen LogP contribution < -0.4 is 0 Å². The monoisotopic (exact) mass is 515 g/mol. The number of amides is 1. The summed E-state index contributed by atoms with van der Waals surface area (Å²) in [7, 11) is -3.53. The van der Waals surface area contributed by atoms with Crippen LogP contribution >= 0.6 is 11.3 Å². The number of carbonyl (C=O) groups is 1. The average Bonchev–Trinajstić information content (AvgIpc) is 3.57. The predicted octanol–water partition coefficient (Wildman–Crippen LogP) is 2.85. The van der Waals surface area contributed by atoms with Crippen LogP contribution in [0.25, 0.3) is 10.7 Å². The molecule has 2 aliphatic rings. The van der Waals surface area contributed by atoms with Crippen molar-refractivity contribution in [2.24, 2.45) is 5.92 Å². The first-order valence-electron chi connectivity index (χ1n) is 11.8. The van der Waals surface area contributed by atoms with Gasteiger partial charge in [-0.25, -0.2) is 8.42 Å². The molecule has 0 unspecified atom stereocenters. The average molecular weight is 516 g/mol. The fourth-order valence-electron chi connectivity index (χ4n) is 4.62. The second-order valence-electron chi connectivity index (χ2n) is 9.08. The molecule has 0 saturated carbocycles. The molecule has 35 heavy (non-hydrogen) atoms. The van der Waals surface area contributed by atoms with Crippen LogP contribution in [0.15, 0.2) is 51.2 Å². The Bertz CT molecular complexity index is 1240. The Balaban J connectivity index is 1.10. The fourth-order valence-corrected chi connectivity index (χ4v) is 6.69. The lowest BCUT2D eigenvalue weighted by atomic mass is 9.95. The highest BCUT2D eigenvalue weighted by Crippen LogP contribution is 2.25. The van der Waals surface area contributed by atoms with E-state index < -0.39 is 10.0 Å². The van der Waals surface area contributed by atoms with E-state index in [0.29, 0.717) is 49.3 Å². The van der Waals surface area contributed by atoms with Gasteiger partial charge in [0.05, 0.1) is 16.3 Å². The van der Waals surface area contributed by atoms with Gasteiger partial charge in [0.1, 0.15) is 0 Å². The van der Waals surface area contributed by atoms with Crippen LogP contribution in [0.2, 0.25) is 0 Å². The van der Waals surface area contributed by atoms with Crippen LogP contribution in [-0.2, 0) is 21.4 Å². The Labute approximate surface area is 209 Å². The molecule has 1 aromatic carbocycles. The molecule has 9 nitrogen and oxygen atoms in total. The highest BCUT2D eigenvalue weighted by atomic mass is 32.2. The standard InChI is InChI=1S/C24H29N5O4S2/c1-18-4-6-20(7-5-18)35(31,32)29-14-12-28(13-15-29)24(30)19-8-10-27(11-9-19)17-22-25-23(26-33-22)21-3-2-16-34-21/h2-7,16,19H,8-15,17H2,1H3. The summed E-state index contributed by atoms with van der Waals surface area (Å²) in [6.45, 7) is 5.58. The molecule has 0 aliphatic carbocycles. The van der Waals surface area contributed by atoms with Crippen molar-refractivity contribution in [3.8, 4) is 10.7 Å². The zero-order valence-corrected chi connectivity index (χ0v) is 21.3. The number of aromatic nitrogens is 2. The maximum absolute atomic E-state index is 13.1. The summed E-state index contributed by atoms with van der Waals surface area (Å²) in [4.78, 5) is 23.0. The quantitative estimate of drug-likeness (QED) is 0.498. The molecule has 0 radical (unpaired) electrons. The third kappa shape index (κ3) is 5.32. The molecule has 2 aliphatic heterocycles. The van der Waals surface area contributed by atoms with Crippen LogP contribution in [-0.4, -0.2) is 77.8 Å². The van der Waals surface area contributed by atoms with E-state index in [-0.39, 0.29) is 11.8 Å². The smallest absolute Gasteiger partial charge is 0.243 e. The van der Waals surface area contributed by atoms with Gasteiger partial charge in [-0.15, -0.1) is 11.3 Å². The summed E-state index contributed by atoms with van der Waals surface area (Å²) < 4.78 is 32.8. The summed E-state index contributed by atoms with van der Waals surface area (Å²) in [6.07, 6.45) is 1.54. The van der Waals surface area contributed by atoms with Gasteiger partial charge in [0.15, 0.2) is 0 Å². The van der Waals surface area contributed by atoms with E-state index in [1.54, 1.807) is 35.6 Å². The molecule has 5 rings (SSSR count). The normalized spacial score (nSPS) is 18.7. The minimum atomic E-state index is -3.53. The molecule has 3 aromatic rings. The Kier molecular flexibility index (Phi) is 7.01. The van der Waals surface area contributed by atoms with Gasteiger partial charge in [-0.05, 0) is 56.4 Å². The summed E-state index contributed by atoms with van der Waals surface area (Å²) in [5.74, 6) is 1.30. The van der Waals surface area contributed by atoms with Gasteiger partial charge in [-0.1, -0.05) is 28.9 Å². The molecule has 0 N–H and O–H groups in total. The number of rotatable bonds is 6. The second kappa shape index (κ2) is 10.2. The minimum Gasteiger partial charge on any atom is -0.340 e. The van der Waals surface area contributed by atoms with Crippen LogP contribution in [0.1, 0.15) is 24.3 Å². The van der Waals surface area contributed by atoms with Gasteiger partial charge >= 0.3 is 0 Å². The van der Waals surface area contributed by atoms with Crippen molar-refractivity contribution in [1.29, 1.82) is 0 Å². The molecule has 0 spiro atoms. The number of sulfonamides is 1. The molecular formula is C24H29N5O4S2. The number of piperidine rings is 1. The number of benzene rings is 1. The van der Waals surface area contributed by atoms with Crippen LogP contribution in [0.5, 0.6) is 0 Å². The van der Waals surface area contributed by atoms with Crippen molar-refractivity contribution in [3.63, 3.8) is 0 Å². The molecule has 2 aromatic heterocycles. The predicted molar refractivity (Wildman–Crippen MR) is 132 cm³/mol. The Morgan fingerprint density at radius 1 is 1.06 bits per heavy atom. The van der Waals surface area contributed by atoms with Crippen molar-refractivity contribution in [1.82, 2.24) is 24.2 Å². The molecule has 0 bridgehead atoms. The van der Waals surface area contributed by atoms with E-state index >= 15 is 0 Å². The first-order chi connectivity index (χ1) is 16.9. The summed E-state index contributed by atoms with van der Waals surface area (Å²) in [5.41, 5.74) is 1.02. The van der Waals surface area contributed by atoms with Crippen molar-refractivity contribution < 1.29 is 17.7 Å². The Morgan fingerprint density at radius 3 is 2.43 bits per heavy atom. The molecule has 0 atom stereocenters. The van der Waals surface area contributed by atoms with E-state index in [1.165, 1.54) is 4.31 Å². The molecular weight excluding hydrogens is 486 g/mol. The number of aryl methyl sites for hydroxylation is 1. The largest absolute Gasteiger partial charge is 0.340 e. The van der Waals surface area contributed by atoms with E-state index in [2.05, 4.69) is 15.0 Å². The van der Waals surface area contributed by atoms with E-state index in [0.717, 1.165) is 36.4 Å². The second-order valence-corrected chi connectivity index (χ2v) is 12.0. The number of thiophene rings is 1. The van der Waals surface area contributed by atoms with E-state index in [4.69, 9.17) is 4.52 Å². The molecule has 1 amide bonds. The number of hydrogen-bond donors (Lipinski definition) is 0. The van der Waals surface area contributed by atoms with Crippen molar-refractivity contribution in [2.45, 2.75) is 31.2 Å². The van der Waals surface area contributed by atoms with Gasteiger partial charge in [-0.2, -0.15) is 9.29 Å². The number of likely N-dealkylation sites (tertiary alicyclic amines) is 1. The van der Waals surface area contributed by atoms with Crippen LogP contribution in [0.3, 0.4) is 0 Å².